The zero-order valence-corrected chi connectivity index (χ0v) is 19.5. The van der Waals surface area contributed by atoms with E-state index in [2.05, 4.69) is 10.1 Å². The van der Waals surface area contributed by atoms with Gasteiger partial charge in [-0.15, -0.1) is 0 Å². The first-order chi connectivity index (χ1) is 16.8. The van der Waals surface area contributed by atoms with Crippen LogP contribution in [0.15, 0.2) is 30.6 Å². The Bertz CT molecular complexity index is 1420. The van der Waals surface area contributed by atoms with Crippen LogP contribution < -0.4 is 10.6 Å². The van der Waals surface area contributed by atoms with Gasteiger partial charge in [0.2, 0.25) is 0 Å². The number of piperazine rings is 1. The quantitative estimate of drug-likeness (QED) is 0.561. The van der Waals surface area contributed by atoms with E-state index in [1.165, 1.54) is 48.8 Å². The highest BCUT2D eigenvalue weighted by atomic mass is 19.4. The number of nitriles is 1. The number of anilines is 2. The maximum absolute atomic E-state index is 13.7. The number of nitrogens with two attached hydrogens (primary N) is 1. The van der Waals surface area contributed by atoms with Crippen molar-refractivity contribution in [3.63, 3.8) is 0 Å². The van der Waals surface area contributed by atoms with Gasteiger partial charge in [0.25, 0.3) is 11.8 Å². The van der Waals surface area contributed by atoms with Gasteiger partial charge in [0.05, 0.1) is 22.5 Å². The first kappa shape index (κ1) is 24.9. The van der Waals surface area contributed by atoms with Crippen molar-refractivity contribution < 1.29 is 27.9 Å². The lowest BCUT2D eigenvalue weighted by atomic mass is 9.95. The number of carbonyl (C=O) groups excluding carboxylic acids is 2. The number of carbonyl (C=O) groups is 2. The van der Waals surface area contributed by atoms with E-state index in [-0.39, 0.29) is 41.4 Å². The van der Waals surface area contributed by atoms with Crippen LogP contribution in [0.5, 0.6) is 0 Å². The van der Waals surface area contributed by atoms with Gasteiger partial charge in [-0.1, -0.05) is 6.07 Å². The molecule has 10 nitrogen and oxygen atoms in total. The minimum Gasteiger partial charge on any atom is -0.384 e. The zero-order chi connectivity index (χ0) is 26.6. The van der Waals surface area contributed by atoms with E-state index in [4.69, 9.17) is 5.73 Å². The van der Waals surface area contributed by atoms with Gasteiger partial charge in [-0.2, -0.15) is 23.5 Å². The number of rotatable bonds is 3. The molecule has 1 atom stereocenters. The Morgan fingerprint density at radius 1 is 1.28 bits per heavy atom. The van der Waals surface area contributed by atoms with Gasteiger partial charge < -0.3 is 20.6 Å². The second-order valence-corrected chi connectivity index (χ2v) is 8.87. The van der Waals surface area contributed by atoms with Crippen molar-refractivity contribution in [2.75, 3.05) is 23.7 Å². The molecular weight excluding hydrogens is 479 g/mol. The lowest BCUT2D eigenvalue weighted by Gasteiger charge is -2.46. The summed E-state index contributed by atoms with van der Waals surface area (Å²) in [5, 5.41) is 23.3. The molecule has 4 rings (SSSR count). The summed E-state index contributed by atoms with van der Waals surface area (Å²) in [6, 6.07) is 7.16. The number of benzene rings is 1. The number of aromatic nitrogens is 3. The number of halogens is 3. The van der Waals surface area contributed by atoms with Gasteiger partial charge in [-0.25, -0.2) is 9.50 Å². The summed E-state index contributed by atoms with van der Waals surface area (Å²) < 4.78 is 42.2. The lowest BCUT2D eigenvalue weighted by molar-refractivity contribution is -0.152. The number of fused-ring (bicyclic) bond motifs is 1. The van der Waals surface area contributed by atoms with Gasteiger partial charge in [-0.3, -0.25) is 9.59 Å². The molecule has 2 amide bonds. The molecule has 0 saturated carbocycles. The molecule has 0 radical (unpaired) electrons. The third-order valence-electron chi connectivity index (χ3n) is 6.21. The van der Waals surface area contributed by atoms with E-state index in [0.29, 0.717) is 0 Å². The summed E-state index contributed by atoms with van der Waals surface area (Å²) in [5.41, 5.74) is 3.52. The predicted octanol–water partition coefficient (Wildman–Crippen LogP) is 2.20. The van der Waals surface area contributed by atoms with Crippen molar-refractivity contribution in [1.82, 2.24) is 19.5 Å². The fourth-order valence-corrected chi connectivity index (χ4v) is 4.37. The first-order valence-corrected chi connectivity index (χ1v) is 10.8. The molecule has 1 saturated heterocycles. The van der Waals surface area contributed by atoms with Crippen molar-refractivity contribution in [1.29, 1.82) is 5.26 Å². The van der Waals surface area contributed by atoms with Crippen LogP contribution in [-0.4, -0.2) is 61.2 Å². The molecule has 0 aliphatic carbocycles. The van der Waals surface area contributed by atoms with Crippen molar-refractivity contribution in [3.8, 4) is 17.3 Å². The van der Waals surface area contributed by atoms with E-state index in [9.17, 15) is 33.1 Å². The van der Waals surface area contributed by atoms with E-state index in [1.54, 1.807) is 0 Å². The predicted molar refractivity (Wildman–Crippen MR) is 122 cm³/mol. The molecule has 3 heterocycles. The monoisotopic (exact) mass is 501 g/mol. The Labute approximate surface area is 203 Å². The SMILES string of the molecule is CC(O)C(=O)N1CCN(c2cc(-c3cc(C(F)(F)F)c4c(N)ncnn34)ccc2C#N)C(=O)C1(C)C. The van der Waals surface area contributed by atoms with Gasteiger partial charge in [-0.05, 0) is 39.0 Å². The molecule has 1 aliphatic heterocycles. The molecule has 1 unspecified atom stereocenters. The van der Waals surface area contributed by atoms with E-state index in [1.807, 2.05) is 6.07 Å². The van der Waals surface area contributed by atoms with Crippen molar-refractivity contribution in [2.24, 2.45) is 0 Å². The summed E-state index contributed by atoms with van der Waals surface area (Å²) in [4.78, 5) is 32.1. The zero-order valence-electron chi connectivity index (χ0n) is 19.5. The summed E-state index contributed by atoms with van der Waals surface area (Å²) in [5.74, 6) is -1.48. The fraction of sp³-hybridized carbons (Fsp3) is 0.348. The van der Waals surface area contributed by atoms with E-state index < -0.39 is 40.7 Å². The van der Waals surface area contributed by atoms with Crippen LogP contribution in [0, 0.1) is 11.3 Å². The lowest BCUT2D eigenvalue weighted by Crippen LogP contribution is -2.66. The molecule has 13 heteroatoms. The average molecular weight is 501 g/mol. The molecule has 3 N–H and O–H groups in total. The number of alkyl halides is 3. The molecule has 188 valence electrons. The number of nitrogen functional groups attached to an aromatic ring is 1. The molecule has 1 aliphatic rings. The standard InChI is InChI=1S/C23H22F3N7O3/c1-12(34)20(35)32-7-6-31(21(36)22(32,2)3)16-8-13(4-5-14(16)10-27)17-9-15(23(24,25)26)18-19(28)29-11-30-33(17)18/h4-5,8-9,11-12,34H,6-7H2,1-3H3,(H2,28,29,30). The van der Waals surface area contributed by atoms with Crippen LogP contribution in [0.1, 0.15) is 31.9 Å². The number of hydrogen-bond donors (Lipinski definition) is 2. The summed E-state index contributed by atoms with van der Waals surface area (Å²) in [6.45, 7) is 4.44. The Hall–Kier alpha value is -4.18. The first-order valence-electron chi connectivity index (χ1n) is 10.8. The van der Waals surface area contributed by atoms with Crippen LogP contribution in [0.2, 0.25) is 0 Å². The minimum atomic E-state index is -4.73. The Balaban J connectivity index is 1.85. The highest BCUT2D eigenvalue weighted by molar-refractivity contribution is 6.04. The van der Waals surface area contributed by atoms with Crippen LogP contribution in [0.3, 0.4) is 0 Å². The maximum atomic E-state index is 13.7. The maximum Gasteiger partial charge on any atom is 0.418 e. The molecule has 0 bridgehead atoms. The summed E-state index contributed by atoms with van der Waals surface area (Å²) >= 11 is 0. The van der Waals surface area contributed by atoms with Gasteiger partial charge in [0.15, 0.2) is 5.82 Å². The van der Waals surface area contributed by atoms with Crippen molar-refractivity contribution in [2.45, 2.75) is 38.6 Å². The number of aliphatic hydroxyl groups is 1. The Morgan fingerprint density at radius 3 is 2.58 bits per heavy atom. The molecule has 1 fully saturated rings. The van der Waals surface area contributed by atoms with Crippen LogP contribution in [0.4, 0.5) is 24.7 Å². The average Bonchev–Trinajstić information content (AvgIpc) is 3.21. The Morgan fingerprint density at radius 2 is 1.97 bits per heavy atom. The van der Waals surface area contributed by atoms with Gasteiger partial charge in [0.1, 0.15) is 29.6 Å². The van der Waals surface area contributed by atoms with E-state index in [0.717, 1.165) is 16.9 Å². The number of hydrogen-bond acceptors (Lipinski definition) is 7. The molecule has 0 spiro atoms. The second kappa shape index (κ2) is 8.49. The minimum absolute atomic E-state index is 0.0106. The molecular formula is C23H22F3N7O3. The topological polar surface area (TPSA) is 141 Å². The van der Waals surface area contributed by atoms with Crippen LogP contribution in [-0.2, 0) is 15.8 Å². The van der Waals surface area contributed by atoms with Gasteiger partial charge >= 0.3 is 6.18 Å². The molecule has 3 aromatic rings. The summed E-state index contributed by atoms with van der Waals surface area (Å²) in [6.07, 6.45) is -5.01. The third kappa shape index (κ3) is 3.89. The largest absolute Gasteiger partial charge is 0.418 e. The summed E-state index contributed by atoms with van der Waals surface area (Å²) in [7, 11) is 0. The van der Waals surface area contributed by atoms with Crippen LogP contribution >= 0.6 is 0 Å². The normalized spacial score (nSPS) is 16.8. The number of nitrogens with zero attached hydrogens (tertiary/aromatic N) is 6. The highest BCUT2D eigenvalue weighted by Crippen LogP contribution is 2.40. The molecule has 1 aromatic carbocycles. The molecule has 2 aromatic heterocycles. The fourth-order valence-electron chi connectivity index (χ4n) is 4.37. The van der Waals surface area contributed by atoms with Gasteiger partial charge in [0, 0.05) is 18.7 Å². The number of amides is 2. The third-order valence-corrected chi connectivity index (χ3v) is 6.21. The van der Waals surface area contributed by atoms with E-state index >= 15 is 0 Å². The number of aliphatic hydroxyl groups excluding tert-OH is 1. The van der Waals surface area contributed by atoms with Crippen molar-refractivity contribution in [3.05, 3.63) is 41.7 Å². The molecule has 36 heavy (non-hydrogen) atoms. The highest BCUT2D eigenvalue weighted by Gasteiger charge is 2.46. The smallest absolute Gasteiger partial charge is 0.384 e. The Kier molecular flexibility index (Phi) is 5.88. The second-order valence-electron chi connectivity index (χ2n) is 8.87. The van der Waals surface area contributed by atoms with Crippen LogP contribution in [0.25, 0.3) is 16.8 Å². The van der Waals surface area contributed by atoms with Crippen molar-refractivity contribution >= 4 is 28.8 Å².